The quantitative estimate of drug-likeness (QED) is 0.574. The Labute approximate surface area is 160 Å². The van der Waals surface area contributed by atoms with Crippen LogP contribution < -0.4 is 20.2 Å². The average molecular weight is 418 g/mol. The first kappa shape index (κ1) is 18.3. The number of fused-ring (bicyclic) bond motifs is 1. The van der Waals surface area contributed by atoms with Gasteiger partial charge in [0.2, 0.25) is 6.79 Å². The Balaban J connectivity index is 1.57. The summed E-state index contributed by atoms with van der Waals surface area (Å²) in [6.07, 6.45) is 1.56. The lowest BCUT2D eigenvalue weighted by Crippen LogP contribution is -2.26. The average Bonchev–Trinajstić information content (AvgIpc) is 3.01. The van der Waals surface area contributed by atoms with Crippen molar-refractivity contribution >= 4 is 33.7 Å². The SMILES string of the molecule is Cc1cc(C)c(NCC(=O)N/N=C\c2cc3c(cc2Br)OCO3)c(C)c1. The summed E-state index contributed by atoms with van der Waals surface area (Å²) in [6, 6.07) is 7.79. The molecule has 1 amide bonds. The molecule has 0 saturated carbocycles. The highest BCUT2D eigenvalue weighted by Gasteiger charge is 2.15. The predicted molar refractivity (Wildman–Crippen MR) is 105 cm³/mol. The third kappa shape index (κ3) is 4.16. The molecule has 136 valence electrons. The molecule has 1 aliphatic rings. The predicted octanol–water partition coefficient (Wildman–Crippen LogP) is 3.67. The second-order valence-electron chi connectivity index (χ2n) is 6.15. The monoisotopic (exact) mass is 417 g/mol. The third-order valence-electron chi connectivity index (χ3n) is 3.99. The van der Waals surface area contributed by atoms with Gasteiger partial charge >= 0.3 is 0 Å². The molecule has 0 fully saturated rings. The largest absolute Gasteiger partial charge is 0.454 e. The summed E-state index contributed by atoms with van der Waals surface area (Å²) in [6.45, 7) is 6.46. The van der Waals surface area contributed by atoms with Gasteiger partial charge in [-0.25, -0.2) is 5.43 Å². The summed E-state index contributed by atoms with van der Waals surface area (Å²) in [4.78, 5) is 12.0. The number of hydrogen-bond acceptors (Lipinski definition) is 5. The lowest BCUT2D eigenvalue weighted by atomic mass is 10.1. The zero-order chi connectivity index (χ0) is 18.7. The maximum atomic E-state index is 12.0. The summed E-state index contributed by atoms with van der Waals surface area (Å²) in [7, 11) is 0. The van der Waals surface area contributed by atoms with E-state index in [1.165, 1.54) is 5.56 Å². The molecular weight excluding hydrogens is 398 g/mol. The summed E-state index contributed by atoms with van der Waals surface area (Å²) >= 11 is 3.45. The first-order valence-electron chi connectivity index (χ1n) is 8.17. The van der Waals surface area contributed by atoms with E-state index in [0.717, 1.165) is 26.9 Å². The maximum absolute atomic E-state index is 12.0. The molecule has 0 radical (unpaired) electrons. The van der Waals surface area contributed by atoms with Crippen LogP contribution in [0.25, 0.3) is 0 Å². The fraction of sp³-hybridized carbons (Fsp3) is 0.263. The summed E-state index contributed by atoms with van der Waals surface area (Å²) < 4.78 is 11.4. The number of carbonyl (C=O) groups is 1. The number of ether oxygens (including phenoxy) is 2. The zero-order valence-corrected chi connectivity index (χ0v) is 16.4. The lowest BCUT2D eigenvalue weighted by molar-refractivity contribution is -0.119. The van der Waals surface area contributed by atoms with E-state index in [0.29, 0.717) is 11.5 Å². The minimum absolute atomic E-state index is 0.143. The van der Waals surface area contributed by atoms with Crippen LogP contribution in [0.15, 0.2) is 33.8 Å². The van der Waals surface area contributed by atoms with Crippen LogP contribution in [-0.4, -0.2) is 25.5 Å². The molecule has 1 heterocycles. The smallest absolute Gasteiger partial charge is 0.259 e. The van der Waals surface area contributed by atoms with E-state index in [9.17, 15) is 4.79 Å². The molecule has 7 heteroatoms. The topological polar surface area (TPSA) is 72.0 Å². The highest BCUT2D eigenvalue weighted by Crippen LogP contribution is 2.36. The first-order valence-corrected chi connectivity index (χ1v) is 8.96. The summed E-state index contributed by atoms with van der Waals surface area (Å²) in [5.74, 6) is 1.12. The van der Waals surface area contributed by atoms with E-state index in [2.05, 4.69) is 50.8 Å². The Morgan fingerprint density at radius 2 is 1.81 bits per heavy atom. The second kappa shape index (κ2) is 7.78. The van der Waals surface area contributed by atoms with Gasteiger partial charge < -0.3 is 14.8 Å². The van der Waals surface area contributed by atoms with Gasteiger partial charge in [-0.2, -0.15) is 5.10 Å². The van der Waals surface area contributed by atoms with Crippen molar-refractivity contribution in [3.63, 3.8) is 0 Å². The Hall–Kier alpha value is -2.54. The summed E-state index contributed by atoms with van der Waals surface area (Å²) in [5.41, 5.74) is 7.72. The number of rotatable bonds is 5. The lowest BCUT2D eigenvalue weighted by Gasteiger charge is -2.13. The van der Waals surface area contributed by atoms with Gasteiger partial charge in [0.1, 0.15) is 0 Å². The van der Waals surface area contributed by atoms with E-state index < -0.39 is 0 Å². The highest BCUT2D eigenvalue weighted by atomic mass is 79.9. The van der Waals surface area contributed by atoms with E-state index in [4.69, 9.17) is 9.47 Å². The second-order valence-corrected chi connectivity index (χ2v) is 7.00. The molecule has 0 spiro atoms. The Bertz CT molecular complexity index is 858. The number of hydrazone groups is 1. The zero-order valence-electron chi connectivity index (χ0n) is 14.9. The molecule has 0 unspecified atom stereocenters. The van der Waals surface area contributed by atoms with E-state index in [1.807, 2.05) is 19.9 Å². The van der Waals surface area contributed by atoms with Gasteiger partial charge in [0.25, 0.3) is 5.91 Å². The first-order chi connectivity index (χ1) is 12.4. The molecule has 2 N–H and O–H groups in total. The number of halogens is 1. The Kier molecular flexibility index (Phi) is 5.46. The molecule has 26 heavy (non-hydrogen) atoms. The number of amides is 1. The number of carbonyl (C=O) groups excluding carboxylic acids is 1. The van der Waals surface area contributed by atoms with Crippen LogP contribution in [0.4, 0.5) is 5.69 Å². The van der Waals surface area contributed by atoms with Gasteiger partial charge in [-0.15, -0.1) is 0 Å². The van der Waals surface area contributed by atoms with Crippen LogP contribution in [0.3, 0.4) is 0 Å². The fourth-order valence-electron chi connectivity index (χ4n) is 2.87. The molecule has 3 rings (SSSR count). The van der Waals surface area contributed by atoms with Crippen molar-refractivity contribution < 1.29 is 14.3 Å². The van der Waals surface area contributed by atoms with E-state index in [1.54, 1.807) is 12.3 Å². The molecule has 0 aromatic heterocycles. The molecule has 1 aliphatic heterocycles. The van der Waals surface area contributed by atoms with Gasteiger partial charge in [0, 0.05) is 15.7 Å². The number of aryl methyl sites for hydroxylation is 3. The van der Waals surface area contributed by atoms with Crippen molar-refractivity contribution in [1.29, 1.82) is 0 Å². The van der Waals surface area contributed by atoms with Gasteiger partial charge in [-0.3, -0.25) is 4.79 Å². The highest BCUT2D eigenvalue weighted by molar-refractivity contribution is 9.10. The molecule has 0 saturated heterocycles. The minimum Gasteiger partial charge on any atom is -0.454 e. The van der Waals surface area contributed by atoms with Gasteiger partial charge in [0.05, 0.1) is 12.8 Å². The van der Waals surface area contributed by atoms with Gasteiger partial charge in [0.15, 0.2) is 11.5 Å². The van der Waals surface area contributed by atoms with Crippen LogP contribution in [-0.2, 0) is 4.79 Å². The van der Waals surface area contributed by atoms with Crippen molar-refractivity contribution in [3.05, 3.63) is 51.0 Å². The van der Waals surface area contributed by atoms with Gasteiger partial charge in [-0.05, 0) is 60.0 Å². The van der Waals surface area contributed by atoms with Crippen molar-refractivity contribution in [3.8, 4) is 11.5 Å². The molecule has 0 aliphatic carbocycles. The normalized spacial score (nSPS) is 12.5. The standard InChI is InChI=1S/C19H20BrN3O3/c1-11-4-12(2)19(13(3)5-11)21-9-18(24)23-22-8-14-6-16-17(7-15(14)20)26-10-25-16/h4-8,21H,9-10H2,1-3H3,(H,23,24)/b22-8-. The van der Waals surface area contributed by atoms with E-state index >= 15 is 0 Å². The molecule has 0 bridgehead atoms. The summed E-state index contributed by atoms with van der Waals surface area (Å²) in [5, 5.41) is 7.18. The molecular formula is C19H20BrN3O3. The van der Waals surface area contributed by atoms with Crippen molar-refractivity contribution in [1.82, 2.24) is 5.43 Å². The van der Waals surface area contributed by atoms with Crippen LogP contribution in [0.5, 0.6) is 11.5 Å². The van der Waals surface area contributed by atoms with Gasteiger partial charge in [-0.1, -0.05) is 17.7 Å². The molecule has 2 aromatic rings. The number of benzene rings is 2. The Morgan fingerprint density at radius 3 is 2.50 bits per heavy atom. The van der Waals surface area contributed by atoms with Crippen LogP contribution in [0, 0.1) is 20.8 Å². The number of nitrogens with zero attached hydrogens (tertiary/aromatic N) is 1. The van der Waals surface area contributed by atoms with Crippen molar-refractivity contribution in [2.75, 3.05) is 18.7 Å². The molecule has 2 aromatic carbocycles. The van der Waals surface area contributed by atoms with Crippen LogP contribution in [0.2, 0.25) is 0 Å². The van der Waals surface area contributed by atoms with Crippen LogP contribution >= 0.6 is 15.9 Å². The number of anilines is 1. The number of hydrogen-bond donors (Lipinski definition) is 2. The van der Waals surface area contributed by atoms with E-state index in [-0.39, 0.29) is 19.2 Å². The minimum atomic E-state index is -0.225. The Morgan fingerprint density at radius 1 is 1.15 bits per heavy atom. The van der Waals surface area contributed by atoms with Crippen LogP contribution in [0.1, 0.15) is 22.3 Å². The fourth-order valence-corrected chi connectivity index (χ4v) is 3.30. The third-order valence-corrected chi connectivity index (χ3v) is 4.67. The maximum Gasteiger partial charge on any atom is 0.259 e. The van der Waals surface area contributed by atoms with Crippen molar-refractivity contribution in [2.24, 2.45) is 5.10 Å². The number of nitrogens with one attached hydrogen (secondary N) is 2. The molecule has 0 atom stereocenters. The molecule has 6 nitrogen and oxygen atoms in total. The van der Waals surface area contributed by atoms with Crippen molar-refractivity contribution in [2.45, 2.75) is 20.8 Å².